The van der Waals surface area contributed by atoms with E-state index in [1.165, 1.54) is 5.57 Å². The van der Waals surface area contributed by atoms with Crippen LogP contribution in [0, 0.1) is 0 Å². The number of hydrogen-bond acceptors (Lipinski definition) is 2. The minimum atomic E-state index is 0.150. The van der Waals surface area contributed by atoms with Crippen molar-refractivity contribution in [3.63, 3.8) is 0 Å². The Bertz CT molecular complexity index is 480. The van der Waals surface area contributed by atoms with E-state index in [0.29, 0.717) is 0 Å². The van der Waals surface area contributed by atoms with E-state index in [1.54, 1.807) is 0 Å². The Hall–Kier alpha value is -0.925. The molecular formula is C17H23BOS. The minimum Gasteiger partial charge on any atom is -0.392 e. The summed E-state index contributed by atoms with van der Waals surface area (Å²) in [6.45, 7) is 4.24. The van der Waals surface area contributed by atoms with Crippen LogP contribution < -0.4 is 5.46 Å². The molecule has 0 bridgehead atoms. The molecule has 1 aromatic rings. The Morgan fingerprint density at radius 1 is 1.30 bits per heavy atom. The molecular weight excluding hydrogens is 263 g/mol. The highest BCUT2D eigenvalue weighted by molar-refractivity contribution is 7.80. The Balaban J connectivity index is 2.46. The van der Waals surface area contributed by atoms with E-state index in [-0.39, 0.29) is 11.9 Å². The summed E-state index contributed by atoms with van der Waals surface area (Å²) < 4.78 is 0. The molecule has 0 saturated heterocycles. The van der Waals surface area contributed by atoms with Gasteiger partial charge in [-0.3, -0.25) is 0 Å². The van der Waals surface area contributed by atoms with Crippen molar-refractivity contribution in [2.75, 3.05) is 6.61 Å². The van der Waals surface area contributed by atoms with Crippen LogP contribution in [0.3, 0.4) is 0 Å². The molecule has 0 saturated carbocycles. The van der Waals surface area contributed by atoms with Crippen LogP contribution in [0.25, 0.3) is 0 Å². The normalized spacial score (nSPS) is 14.4. The van der Waals surface area contributed by atoms with E-state index in [2.05, 4.69) is 37.8 Å². The van der Waals surface area contributed by atoms with E-state index in [1.807, 2.05) is 25.1 Å². The van der Waals surface area contributed by atoms with Crippen LogP contribution >= 0.6 is 12.6 Å². The van der Waals surface area contributed by atoms with Crippen LogP contribution in [0.5, 0.6) is 0 Å². The molecule has 106 valence electrons. The first kappa shape index (κ1) is 17.1. The predicted molar refractivity (Wildman–Crippen MR) is 92.0 cm³/mol. The van der Waals surface area contributed by atoms with Crippen molar-refractivity contribution in [1.82, 2.24) is 0 Å². The number of hydrogen-bond donors (Lipinski definition) is 2. The van der Waals surface area contributed by atoms with Crippen molar-refractivity contribution >= 4 is 25.9 Å². The molecule has 0 heterocycles. The largest absolute Gasteiger partial charge is 0.392 e. The molecule has 20 heavy (non-hydrogen) atoms. The summed E-state index contributed by atoms with van der Waals surface area (Å²) in [5.41, 5.74) is 4.33. The second-order valence-electron chi connectivity index (χ2n) is 5.22. The SMILES string of the molecule is [B]c1cccc(C(S)C/C=C(\C)CC/C=C(\C)CO)c1. The monoisotopic (exact) mass is 286 g/mol. The molecule has 1 aromatic carbocycles. The van der Waals surface area contributed by atoms with Gasteiger partial charge in [0.25, 0.3) is 0 Å². The van der Waals surface area contributed by atoms with E-state index in [0.717, 1.165) is 35.9 Å². The van der Waals surface area contributed by atoms with Crippen LogP contribution in [0.2, 0.25) is 0 Å². The lowest BCUT2D eigenvalue weighted by molar-refractivity contribution is 0.331. The lowest BCUT2D eigenvalue weighted by Crippen LogP contribution is -2.03. The van der Waals surface area contributed by atoms with E-state index >= 15 is 0 Å². The van der Waals surface area contributed by atoms with Gasteiger partial charge in [-0.1, -0.05) is 53.0 Å². The van der Waals surface area contributed by atoms with Gasteiger partial charge in [-0.2, -0.15) is 12.6 Å². The molecule has 0 aliphatic carbocycles. The standard InChI is InChI=1S/C17H23BOS/c1-13(5-3-6-14(2)12-19)9-10-17(20)15-7-4-8-16(18)11-15/h4,6-9,11,17,19-20H,3,5,10,12H2,1-2H3/b13-9+,14-6+. The molecule has 3 heteroatoms. The Labute approximate surface area is 129 Å². The molecule has 0 aromatic heterocycles. The summed E-state index contributed by atoms with van der Waals surface area (Å²) in [4.78, 5) is 0. The highest BCUT2D eigenvalue weighted by Crippen LogP contribution is 2.24. The van der Waals surface area contributed by atoms with Gasteiger partial charge in [0.1, 0.15) is 7.85 Å². The zero-order valence-electron chi connectivity index (χ0n) is 12.3. The number of allylic oxidation sites excluding steroid dienone is 3. The predicted octanol–water partition coefficient (Wildman–Crippen LogP) is 3.51. The van der Waals surface area contributed by atoms with Gasteiger partial charge < -0.3 is 5.11 Å². The van der Waals surface area contributed by atoms with Crippen molar-refractivity contribution < 1.29 is 5.11 Å². The van der Waals surface area contributed by atoms with Gasteiger partial charge >= 0.3 is 0 Å². The topological polar surface area (TPSA) is 20.2 Å². The van der Waals surface area contributed by atoms with Gasteiger partial charge in [0.2, 0.25) is 0 Å². The Morgan fingerprint density at radius 3 is 2.70 bits per heavy atom. The van der Waals surface area contributed by atoms with Crippen LogP contribution in [0.15, 0.2) is 47.6 Å². The molecule has 0 amide bonds. The maximum absolute atomic E-state index is 8.92. The number of aliphatic hydroxyl groups excluding tert-OH is 1. The number of benzene rings is 1. The summed E-state index contributed by atoms with van der Waals surface area (Å²) >= 11 is 4.64. The molecule has 1 unspecified atom stereocenters. The van der Waals surface area contributed by atoms with Gasteiger partial charge in [-0.15, -0.1) is 0 Å². The minimum absolute atomic E-state index is 0.150. The first-order valence-corrected chi connectivity index (χ1v) is 7.50. The fourth-order valence-electron chi connectivity index (χ4n) is 1.93. The van der Waals surface area contributed by atoms with Crippen molar-refractivity contribution in [2.45, 2.75) is 38.4 Å². The van der Waals surface area contributed by atoms with Gasteiger partial charge in [0.05, 0.1) is 6.61 Å². The summed E-state index contributed by atoms with van der Waals surface area (Å²) in [6.07, 6.45) is 7.23. The molecule has 1 N–H and O–H groups in total. The highest BCUT2D eigenvalue weighted by Gasteiger charge is 2.04. The number of aliphatic hydroxyl groups is 1. The van der Waals surface area contributed by atoms with Gasteiger partial charge in [-0.05, 0) is 38.7 Å². The van der Waals surface area contributed by atoms with Crippen molar-refractivity contribution in [3.8, 4) is 0 Å². The average molecular weight is 286 g/mol. The Morgan fingerprint density at radius 2 is 2.05 bits per heavy atom. The fourth-order valence-corrected chi connectivity index (χ4v) is 2.19. The smallest absolute Gasteiger partial charge is 0.113 e. The van der Waals surface area contributed by atoms with Crippen LogP contribution in [0.1, 0.15) is 43.9 Å². The third-order valence-corrected chi connectivity index (χ3v) is 3.77. The zero-order chi connectivity index (χ0) is 15.0. The highest BCUT2D eigenvalue weighted by atomic mass is 32.1. The second kappa shape index (κ2) is 9.09. The molecule has 0 aliphatic rings. The molecule has 1 nitrogen and oxygen atoms in total. The molecule has 1 atom stereocenters. The first-order chi connectivity index (χ1) is 9.52. The third kappa shape index (κ3) is 6.49. The van der Waals surface area contributed by atoms with Gasteiger partial charge in [0.15, 0.2) is 0 Å². The molecule has 0 spiro atoms. The Kier molecular flexibility index (Phi) is 7.79. The maximum atomic E-state index is 8.92. The van der Waals surface area contributed by atoms with E-state index in [9.17, 15) is 0 Å². The third-order valence-electron chi connectivity index (χ3n) is 3.27. The summed E-state index contributed by atoms with van der Waals surface area (Å²) in [5, 5.41) is 9.10. The van der Waals surface area contributed by atoms with Gasteiger partial charge in [-0.25, -0.2) is 0 Å². The van der Waals surface area contributed by atoms with E-state index < -0.39 is 0 Å². The fraction of sp³-hybridized carbons (Fsp3) is 0.412. The summed E-state index contributed by atoms with van der Waals surface area (Å²) in [6, 6.07) is 7.90. The second-order valence-corrected chi connectivity index (χ2v) is 5.84. The maximum Gasteiger partial charge on any atom is 0.113 e. The summed E-state index contributed by atoms with van der Waals surface area (Å²) in [5.74, 6) is 0. The summed E-state index contributed by atoms with van der Waals surface area (Å²) in [7, 11) is 5.78. The van der Waals surface area contributed by atoms with Crippen molar-refractivity contribution in [1.29, 1.82) is 0 Å². The first-order valence-electron chi connectivity index (χ1n) is 6.98. The van der Waals surface area contributed by atoms with Crippen LogP contribution in [-0.4, -0.2) is 19.6 Å². The molecule has 2 radical (unpaired) electrons. The number of rotatable bonds is 7. The van der Waals surface area contributed by atoms with Crippen LogP contribution in [0.4, 0.5) is 0 Å². The molecule has 1 rings (SSSR count). The van der Waals surface area contributed by atoms with Crippen LogP contribution in [-0.2, 0) is 0 Å². The van der Waals surface area contributed by atoms with Crippen molar-refractivity contribution in [2.24, 2.45) is 0 Å². The quantitative estimate of drug-likeness (QED) is 0.446. The lowest BCUT2D eigenvalue weighted by Gasteiger charge is -2.10. The van der Waals surface area contributed by atoms with Crippen molar-refractivity contribution in [3.05, 3.63) is 53.1 Å². The lowest BCUT2D eigenvalue weighted by atomic mass is 9.93. The average Bonchev–Trinajstić information content (AvgIpc) is 2.44. The number of thiol groups is 1. The van der Waals surface area contributed by atoms with E-state index in [4.69, 9.17) is 13.0 Å². The molecule has 0 fully saturated rings. The zero-order valence-corrected chi connectivity index (χ0v) is 13.2. The molecule has 0 aliphatic heterocycles. The van der Waals surface area contributed by atoms with Gasteiger partial charge in [0, 0.05) is 5.25 Å².